The number of H-pyrrole nitrogens is 1. The van der Waals surface area contributed by atoms with E-state index < -0.39 is 0 Å². The van der Waals surface area contributed by atoms with Crippen LogP contribution in [-0.2, 0) is 11.2 Å². The molecule has 1 unspecified atom stereocenters. The van der Waals surface area contributed by atoms with Crippen LogP contribution in [0.15, 0.2) is 24.3 Å². The van der Waals surface area contributed by atoms with E-state index >= 15 is 0 Å². The molecule has 2 heterocycles. The van der Waals surface area contributed by atoms with Crippen molar-refractivity contribution < 1.29 is 9.90 Å². The average molecular weight is 309 g/mol. The lowest BCUT2D eigenvalue weighted by atomic mass is 9.85. The molecule has 118 valence electrons. The van der Waals surface area contributed by atoms with Crippen molar-refractivity contribution >= 4 is 11.7 Å². The van der Waals surface area contributed by atoms with Gasteiger partial charge in [0.15, 0.2) is 5.82 Å². The van der Waals surface area contributed by atoms with Crippen LogP contribution in [0, 0.1) is 11.8 Å². The number of hydrogen-bond acceptors (Lipinski definition) is 3. The summed E-state index contributed by atoms with van der Waals surface area (Å²) in [6.07, 6.45) is 1.75. The maximum Gasteiger partial charge on any atom is 0.226 e. The highest BCUT2D eigenvalue weighted by atomic mass is 16.2. The van der Waals surface area contributed by atoms with Gasteiger partial charge in [-0.05, 0) is 24.1 Å². The maximum atomic E-state index is 11.9. The summed E-state index contributed by atoms with van der Waals surface area (Å²) in [6, 6.07) is 7.94. The maximum absolute atomic E-state index is 11.9. The van der Waals surface area contributed by atoms with Crippen molar-refractivity contribution in [3.8, 4) is 11.8 Å². The van der Waals surface area contributed by atoms with E-state index in [1.807, 2.05) is 24.3 Å². The van der Waals surface area contributed by atoms with Gasteiger partial charge in [0, 0.05) is 35.6 Å². The first kappa shape index (κ1) is 15.3. The number of hydrogen-bond donors (Lipinski definition) is 3. The Bertz CT molecular complexity index is 766. The minimum atomic E-state index is -0.0107. The predicted molar refractivity (Wildman–Crippen MR) is 88.1 cm³/mol. The van der Waals surface area contributed by atoms with Crippen molar-refractivity contribution in [1.29, 1.82) is 0 Å². The minimum Gasteiger partial charge on any atom is -0.395 e. The van der Waals surface area contributed by atoms with Gasteiger partial charge in [0.05, 0.1) is 6.61 Å². The lowest BCUT2D eigenvalue weighted by molar-refractivity contribution is -0.116. The zero-order chi connectivity index (χ0) is 16.2. The third-order valence-electron chi connectivity index (χ3n) is 4.01. The van der Waals surface area contributed by atoms with Gasteiger partial charge in [0.2, 0.25) is 5.91 Å². The molecular weight excluding hydrogens is 290 g/mol. The summed E-state index contributed by atoms with van der Waals surface area (Å²) in [5.41, 5.74) is 4.15. The Kier molecular flexibility index (Phi) is 4.45. The van der Waals surface area contributed by atoms with E-state index in [0.29, 0.717) is 18.7 Å². The number of fused-ring (bicyclic) bond motifs is 1. The Labute approximate surface area is 135 Å². The molecule has 0 fully saturated rings. The number of anilines is 1. The summed E-state index contributed by atoms with van der Waals surface area (Å²) in [6.45, 7) is 2.15. The highest BCUT2D eigenvalue weighted by Crippen LogP contribution is 2.38. The number of aromatic nitrogens is 2. The van der Waals surface area contributed by atoms with E-state index in [0.717, 1.165) is 28.8 Å². The molecule has 2 aromatic rings. The van der Waals surface area contributed by atoms with Gasteiger partial charge in [0.25, 0.3) is 0 Å². The molecule has 23 heavy (non-hydrogen) atoms. The molecule has 0 saturated carbocycles. The van der Waals surface area contributed by atoms with Crippen LogP contribution in [0.3, 0.4) is 0 Å². The number of aryl methyl sites for hydroxylation is 1. The third kappa shape index (κ3) is 3.13. The molecule has 1 amide bonds. The van der Waals surface area contributed by atoms with Crippen molar-refractivity contribution in [3.63, 3.8) is 0 Å². The number of aromatic amines is 1. The Hall–Kier alpha value is -2.58. The van der Waals surface area contributed by atoms with Crippen molar-refractivity contribution in [1.82, 2.24) is 10.2 Å². The quantitative estimate of drug-likeness (QED) is 0.760. The smallest absolute Gasteiger partial charge is 0.226 e. The van der Waals surface area contributed by atoms with Gasteiger partial charge in [-0.1, -0.05) is 30.9 Å². The summed E-state index contributed by atoms with van der Waals surface area (Å²) in [4.78, 5) is 11.9. The number of aliphatic hydroxyl groups is 1. The van der Waals surface area contributed by atoms with Crippen LogP contribution in [0.25, 0.3) is 0 Å². The van der Waals surface area contributed by atoms with Crippen molar-refractivity contribution in [2.24, 2.45) is 0 Å². The molecule has 3 rings (SSSR count). The number of benzene rings is 1. The molecule has 5 heteroatoms. The standard InChI is InChI=1S/C18H19N3O2/c1-2-15-17-14(11-16(23)19-18(17)21-20-15)13-8-6-12(7-9-13)5-3-4-10-22/h6-9,14,22H,2,4,10-11H2,1H3,(H2,19,20,21,23). The highest BCUT2D eigenvalue weighted by molar-refractivity contribution is 5.94. The Morgan fingerprint density at radius 1 is 1.35 bits per heavy atom. The zero-order valence-electron chi connectivity index (χ0n) is 13.0. The number of amides is 1. The fourth-order valence-electron chi connectivity index (χ4n) is 2.90. The van der Waals surface area contributed by atoms with Crippen molar-refractivity contribution in [3.05, 3.63) is 46.6 Å². The molecule has 0 saturated heterocycles. The van der Waals surface area contributed by atoms with Crippen LogP contribution in [0.2, 0.25) is 0 Å². The van der Waals surface area contributed by atoms with E-state index in [4.69, 9.17) is 5.11 Å². The Morgan fingerprint density at radius 3 is 2.83 bits per heavy atom. The van der Waals surface area contributed by atoms with Crippen LogP contribution >= 0.6 is 0 Å². The molecule has 0 spiro atoms. The van der Waals surface area contributed by atoms with Crippen LogP contribution in [0.4, 0.5) is 5.82 Å². The molecule has 1 atom stereocenters. The van der Waals surface area contributed by atoms with E-state index in [-0.39, 0.29) is 18.4 Å². The van der Waals surface area contributed by atoms with Crippen LogP contribution in [0.1, 0.15) is 48.1 Å². The van der Waals surface area contributed by atoms with Crippen LogP contribution < -0.4 is 5.32 Å². The average Bonchev–Trinajstić information content (AvgIpc) is 2.98. The summed E-state index contributed by atoms with van der Waals surface area (Å²) < 4.78 is 0. The molecule has 3 N–H and O–H groups in total. The third-order valence-corrected chi connectivity index (χ3v) is 4.01. The summed E-state index contributed by atoms with van der Waals surface area (Å²) >= 11 is 0. The first-order valence-corrected chi connectivity index (χ1v) is 7.79. The number of carbonyl (C=O) groups is 1. The largest absolute Gasteiger partial charge is 0.395 e. The normalized spacial score (nSPS) is 16.3. The van der Waals surface area contributed by atoms with Gasteiger partial charge in [-0.15, -0.1) is 0 Å². The van der Waals surface area contributed by atoms with Crippen LogP contribution in [0.5, 0.6) is 0 Å². The molecule has 1 aromatic carbocycles. The van der Waals surface area contributed by atoms with E-state index in [2.05, 4.69) is 34.3 Å². The molecule has 5 nitrogen and oxygen atoms in total. The number of aliphatic hydroxyl groups excluding tert-OH is 1. The first-order chi connectivity index (χ1) is 11.2. The van der Waals surface area contributed by atoms with Crippen molar-refractivity contribution in [2.75, 3.05) is 11.9 Å². The minimum absolute atomic E-state index is 0.0107. The van der Waals surface area contributed by atoms with Crippen molar-refractivity contribution in [2.45, 2.75) is 32.1 Å². The first-order valence-electron chi connectivity index (χ1n) is 7.79. The van der Waals surface area contributed by atoms with Gasteiger partial charge < -0.3 is 10.4 Å². The number of carbonyl (C=O) groups excluding carboxylic acids is 1. The number of rotatable bonds is 3. The van der Waals surface area contributed by atoms with Gasteiger partial charge >= 0.3 is 0 Å². The predicted octanol–water partition coefficient (Wildman–Crippen LogP) is 2.18. The second kappa shape index (κ2) is 6.67. The summed E-state index contributed by atoms with van der Waals surface area (Å²) in [5.74, 6) is 6.58. The van der Waals surface area contributed by atoms with Gasteiger partial charge in [-0.3, -0.25) is 9.89 Å². The summed E-state index contributed by atoms with van der Waals surface area (Å²) in [5, 5.41) is 18.8. The number of nitrogens with one attached hydrogen (secondary N) is 2. The topological polar surface area (TPSA) is 78.0 Å². The molecule has 0 bridgehead atoms. The summed E-state index contributed by atoms with van der Waals surface area (Å²) in [7, 11) is 0. The zero-order valence-corrected chi connectivity index (χ0v) is 13.0. The fraction of sp³-hybridized carbons (Fsp3) is 0.333. The van der Waals surface area contributed by atoms with E-state index in [9.17, 15) is 4.79 Å². The Morgan fingerprint density at radius 2 is 2.13 bits per heavy atom. The highest BCUT2D eigenvalue weighted by Gasteiger charge is 2.30. The van der Waals surface area contributed by atoms with Gasteiger partial charge in [-0.2, -0.15) is 5.10 Å². The second-order valence-corrected chi connectivity index (χ2v) is 5.52. The lowest BCUT2D eigenvalue weighted by Crippen LogP contribution is -2.23. The van der Waals surface area contributed by atoms with Gasteiger partial charge in [0.1, 0.15) is 0 Å². The lowest BCUT2D eigenvalue weighted by Gasteiger charge is -2.23. The molecule has 0 radical (unpaired) electrons. The molecule has 1 aromatic heterocycles. The van der Waals surface area contributed by atoms with Crippen LogP contribution in [-0.4, -0.2) is 27.8 Å². The van der Waals surface area contributed by atoms with E-state index in [1.54, 1.807) is 0 Å². The molecular formula is C18H19N3O2. The number of nitrogens with zero attached hydrogens (tertiary/aromatic N) is 1. The van der Waals surface area contributed by atoms with Gasteiger partial charge in [-0.25, -0.2) is 0 Å². The SMILES string of the molecule is CCc1[nH]nc2c1C(c1ccc(C#CCCO)cc1)CC(=O)N2. The van der Waals surface area contributed by atoms with E-state index in [1.165, 1.54) is 0 Å². The monoisotopic (exact) mass is 309 g/mol. The fourth-order valence-corrected chi connectivity index (χ4v) is 2.90. The molecule has 1 aliphatic heterocycles. The molecule has 1 aliphatic rings. The Balaban J connectivity index is 1.92. The second-order valence-electron chi connectivity index (χ2n) is 5.52. The molecule has 0 aliphatic carbocycles.